The van der Waals surface area contributed by atoms with Crippen LogP contribution in [0.25, 0.3) is 11.0 Å². The van der Waals surface area contributed by atoms with E-state index >= 15 is 0 Å². The van der Waals surface area contributed by atoms with Gasteiger partial charge in [0.2, 0.25) is 0 Å². The van der Waals surface area contributed by atoms with Gasteiger partial charge in [0.1, 0.15) is 22.9 Å². The van der Waals surface area contributed by atoms with Crippen LogP contribution in [-0.2, 0) is 29.8 Å². The van der Waals surface area contributed by atoms with Gasteiger partial charge >= 0.3 is 12.1 Å². The summed E-state index contributed by atoms with van der Waals surface area (Å²) in [5, 5.41) is 9.76. The van der Waals surface area contributed by atoms with Crippen molar-refractivity contribution >= 4 is 17.0 Å². The minimum atomic E-state index is -4.67. The second-order valence-corrected chi connectivity index (χ2v) is 12.6. The van der Waals surface area contributed by atoms with Crippen molar-refractivity contribution < 1.29 is 46.4 Å². The molecule has 3 aliphatic heterocycles. The number of imidazole rings is 1. The van der Waals surface area contributed by atoms with E-state index in [-0.39, 0.29) is 23.1 Å². The fourth-order valence-electron chi connectivity index (χ4n) is 6.83. The quantitative estimate of drug-likeness (QED) is 0.189. The van der Waals surface area contributed by atoms with E-state index in [1.54, 1.807) is 12.1 Å². The largest absolute Gasteiger partial charge is 0.492 e. The number of carboxylic acids is 1. The van der Waals surface area contributed by atoms with Crippen LogP contribution in [0.3, 0.4) is 0 Å². The molecule has 254 valence electrons. The normalized spacial score (nSPS) is 21.4. The number of alkyl halides is 3. The number of fused-ring (bicyclic) bond motifs is 2. The molecule has 0 aliphatic carbocycles. The van der Waals surface area contributed by atoms with Gasteiger partial charge in [-0.1, -0.05) is 12.1 Å². The fourth-order valence-corrected chi connectivity index (χ4v) is 6.83. The average molecular weight is 670 g/mol. The van der Waals surface area contributed by atoms with Crippen molar-refractivity contribution in [1.82, 2.24) is 14.5 Å². The second kappa shape index (κ2) is 12.3. The number of hydrogen-bond acceptors (Lipinski definition) is 7. The number of piperidine rings is 1. The van der Waals surface area contributed by atoms with E-state index in [1.807, 2.05) is 19.1 Å². The van der Waals surface area contributed by atoms with Crippen LogP contribution in [0.5, 0.6) is 17.2 Å². The number of nitrogens with zero attached hydrogens (tertiary/aromatic N) is 3. The highest BCUT2D eigenvalue weighted by Crippen LogP contribution is 2.50. The Morgan fingerprint density at radius 2 is 1.88 bits per heavy atom. The van der Waals surface area contributed by atoms with Gasteiger partial charge in [0.05, 0.1) is 48.0 Å². The SMILES string of the molecule is CCOc1cc(C(=O)O)cc2c1nc(CN1CCC(c3cccc4c3OC(C)(c3ccc(C(F)(F)F)cc3F)O4)CC1)n2C[C@@H]1CCO1. The van der Waals surface area contributed by atoms with Crippen LogP contribution in [0.4, 0.5) is 17.6 Å². The highest BCUT2D eigenvalue weighted by molar-refractivity contribution is 5.95. The van der Waals surface area contributed by atoms with E-state index in [2.05, 4.69) is 9.47 Å². The standard InChI is InChI=1S/C35H35F4N3O6/c1-3-45-29-16-21(33(43)44)15-27-31(29)40-30(42(27)18-23-11-14-46-23)19-41-12-9-20(10-13-41)24-5-4-6-28-32(24)48-34(2,47-28)25-8-7-22(17-26(25)36)35(37,38)39/h4-8,15-17,20,23H,3,9-14,18-19H2,1-2H3,(H,43,44)/t23-,34?/m0/s1. The first-order valence-corrected chi connectivity index (χ1v) is 16.0. The number of para-hydroxylation sites is 1. The van der Waals surface area contributed by atoms with Crippen molar-refractivity contribution in [2.75, 3.05) is 26.3 Å². The minimum absolute atomic E-state index is 0.0278. The number of rotatable bonds is 9. The topological polar surface area (TPSA) is 95.3 Å². The Bertz CT molecular complexity index is 1870. The van der Waals surface area contributed by atoms with Gasteiger partial charge in [-0.15, -0.1) is 0 Å². The van der Waals surface area contributed by atoms with Crippen molar-refractivity contribution in [3.63, 3.8) is 0 Å². The van der Waals surface area contributed by atoms with Gasteiger partial charge in [-0.3, -0.25) is 4.90 Å². The molecule has 0 bridgehead atoms. The van der Waals surface area contributed by atoms with E-state index in [0.29, 0.717) is 60.7 Å². The molecule has 1 aromatic heterocycles. The predicted octanol–water partition coefficient (Wildman–Crippen LogP) is 7.10. The van der Waals surface area contributed by atoms with Crippen molar-refractivity contribution in [2.45, 2.75) is 70.2 Å². The Kier molecular flexibility index (Phi) is 8.23. The summed E-state index contributed by atoms with van der Waals surface area (Å²) in [6.07, 6.45) is -2.16. The van der Waals surface area contributed by atoms with Crippen molar-refractivity contribution in [2.24, 2.45) is 0 Å². The molecule has 3 aromatic carbocycles. The molecule has 2 fully saturated rings. The smallest absolute Gasteiger partial charge is 0.416 e. The number of ether oxygens (including phenoxy) is 4. The third-order valence-corrected chi connectivity index (χ3v) is 9.41. The summed E-state index contributed by atoms with van der Waals surface area (Å²) >= 11 is 0. The molecule has 0 amide bonds. The van der Waals surface area contributed by atoms with Crippen molar-refractivity contribution in [3.8, 4) is 17.2 Å². The monoisotopic (exact) mass is 669 g/mol. The molecule has 4 heterocycles. The maximum Gasteiger partial charge on any atom is 0.416 e. The molecule has 0 radical (unpaired) electrons. The Labute approximate surface area is 274 Å². The van der Waals surface area contributed by atoms with Gasteiger partial charge in [-0.25, -0.2) is 14.2 Å². The lowest BCUT2D eigenvalue weighted by molar-refractivity contribution is -0.138. The maximum atomic E-state index is 15.0. The molecule has 9 nitrogen and oxygen atoms in total. The number of halogens is 4. The zero-order valence-corrected chi connectivity index (χ0v) is 26.5. The Hall–Kier alpha value is -4.36. The number of aromatic carboxylic acids is 1. The first kappa shape index (κ1) is 32.2. The van der Waals surface area contributed by atoms with Gasteiger partial charge in [-0.2, -0.15) is 13.2 Å². The van der Waals surface area contributed by atoms with Crippen LogP contribution in [0.2, 0.25) is 0 Å². The Morgan fingerprint density at radius 1 is 1.10 bits per heavy atom. The van der Waals surface area contributed by atoms with Crippen LogP contribution in [0, 0.1) is 5.82 Å². The summed E-state index contributed by atoms with van der Waals surface area (Å²) in [4.78, 5) is 19.2. The lowest BCUT2D eigenvalue weighted by atomic mass is 9.88. The zero-order chi connectivity index (χ0) is 33.8. The molecular weight excluding hydrogens is 634 g/mol. The fraction of sp³-hybridized carbons (Fsp3) is 0.429. The third-order valence-electron chi connectivity index (χ3n) is 9.41. The Balaban J connectivity index is 1.09. The molecule has 7 rings (SSSR count). The molecule has 2 saturated heterocycles. The number of carbonyl (C=O) groups is 1. The van der Waals surface area contributed by atoms with Gasteiger partial charge < -0.3 is 28.6 Å². The lowest BCUT2D eigenvalue weighted by Crippen LogP contribution is -2.35. The number of benzene rings is 3. The second-order valence-electron chi connectivity index (χ2n) is 12.6. The van der Waals surface area contributed by atoms with E-state index in [9.17, 15) is 27.5 Å². The molecule has 13 heteroatoms. The summed E-state index contributed by atoms with van der Waals surface area (Å²) in [5.41, 5.74) is 1.15. The summed E-state index contributed by atoms with van der Waals surface area (Å²) < 4.78 is 80.3. The highest BCUT2D eigenvalue weighted by Gasteiger charge is 2.44. The predicted molar refractivity (Wildman–Crippen MR) is 166 cm³/mol. The number of likely N-dealkylation sites (tertiary alicyclic amines) is 1. The average Bonchev–Trinajstić information content (AvgIpc) is 3.55. The van der Waals surface area contributed by atoms with Crippen molar-refractivity contribution in [3.05, 3.63) is 82.4 Å². The molecule has 0 saturated carbocycles. The van der Waals surface area contributed by atoms with E-state index in [4.69, 9.17) is 23.9 Å². The van der Waals surface area contributed by atoms with Gasteiger partial charge in [0.25, 0.3) is 5.79 Å². The highest BCUT2D eigenvalue weighted by atomic mass is 19.4. The molecular formula is C35H35F4N3O6. The van der Waals surface area contributed by atoms with E-state index in [1.165, 1.54) is 13.0 Å². The number of hydrogen-bond donors (Lipinski definition) is 1. The van der Waals surface area contributed by atoms with Gasteiger partial charge in [0, 0.05) is 19.1 Å². The maximum absolute atomic E-state index is 15.0. The van der Waals surface area contributed by atoms with E-state index < -0.39 is 29.3 Å². The van der Waals surface area contributed by atoms with Crippen molar-refractivity contribution in [1.29, 1.82) is 0 Å². The molecule has 3 aliphatic rings. The molecule has 4 aromatic rings. The summed E-state index contributed by atoms with van der Waals surface area (Å²) in [7, 11) is 0. The van der Waals surface area contributed by atoms with Gasteiger partial charge in [-0.05, 0) is 81.6 Å². The van der Waals surface area contributed by atoms with Crippen LogP contribution in [-0.4, -0.2) is 57.9 Å². The van der Waals surface area contributed by atoms with Crippen LogP contribution < -0.4 is 14.2 Å². The molecule has 2 atom stereocenters. The molecule has 48 heavy (non-hydrogen) atoms. The molecule has 1 N–H and O–H groups in total. The summed E-state index contributed by atoms with van der Waals surface area (Å²) in [5.74, 6) is -1.51. The zero-order valence-electron chi connectivity index (χ0n) is 26.5. The minimum Gasteiger partial charge on any atom is -0.492 e. The van der Waals surface area contributed by atoms with Crippen LogP contribution >= 0.6 is 0 Å². The van der Waals surface area contributed by atoms with Gasteiger partial charge in [0.15, 0.2) is 11.5 Å². The summed E-state index contributed by atoms with van der Waals surface area (Å²) in [6.45, 7) is 6.99. The molecule has 0 spiro atoms. The first-order valence-electron chi connectivity index (χ1n) is 16.0. The van der Waals surface area contributed by atoms with Crippen LogP contribution in [0.15, 0.2) is 48.5 Å². The van der Waals surface area contributed by atoms with Crippen LogP contribution in [0.1, 0.15) is 71.9 Å². The third kappa shape index (κ3) is 5.94. The summed E-state index contributed by atoms with van der Waals surface area (Å²) in [6, 6.07) is 11.0. The first-order chi connectivity index (χ1) is 22.9. The number of aromatic nitrogens is 2. The Morgan fingerprint density at radius 3 is 2.52 bits per heavy atom. The molecule has 1 unspecified atom stereocenters. The lowest BCUT2D eigenvalue weighted by Gasteiger charge is -2.33. The van der Waals surface area contributed by atoms with E-state index in [0.717, 1.165) is 55.9 Å². The number of carboxylic acid groups (broad SMARTS) is 1.